The summed E-state index contributed by atoms with van der Waals surface area (Å²) in [7, 11) is 1.68. The Labute approximate surface area is 124 Å². The van der Waals surface area contributed by atoms with Crippen LogP contribution in [0.2, 0.25) is 0 Å². The molecule has 6 heteroatoms. The van der Waals surface area contributed by atoms with Gasteiger partial charge in [-0.15, -0.1) is 0 Å². The Morgan fingerprint density at radius 3 is 3.05 bits per heavy atom. The number of amides is 1. The third kappa shape index (κ3) is 3.92. The van der Waals surface area contributed by atoms with Gasteiger partial charge >= 0.3 is 0 Å². The van der Waals surface area contributed by atoms with Crippen LogP contribution in [0.3, 0.4) is 0 Å². The van der Waals surface area contributed by atoms with Gasteiger partial charge in [0, 0.05) is 19.3 Å². The van der Waals surface area contributed by atoms with Crippen molar-refractivity contribution >= 4 is 17.3 Å². The van der Waals surface area contributed by atoms with Gasteiger partial charge in [-0.25, -0.2) is 4.39 Å². The maximum atomic E-state index is 13.6. The van der Waals surface area contributed by atoms with Crippen molar-refractivity contribution in [2.45, 2.75) is 31.9 Å². The Morgan fingerprint density at radius 1 is 1.57 bits per heavy atom. The fourth-order valence-electron chi connectivity index (χ4n) is 2.55. The number of carbonyl (C=O) groups excluding carboxylic acids is 1. The predicted molar refractivity (Wildman–Crippen MR) is 80.5 cm³/mol. The van der Waals surface area contributed by atoms with Crippen molar-refractivity contribution < 1.29 is 13.9 Å². The first kappa shape index (κ1) is 15.7. The van der Waals surface area contributed by atoms with Crippen LogP contribution in [0.4, 0.5) is 15.8 Å². The number of halogens is 1. The lowest BCUT2D eigenvalue weighted by Crippen LogP contribution is -2.48. The van der Waals surface area contributed by atoms with Crippen molar-refractivity contribution in [3.8, 4) is 0 Å². The Balaban J connectivity index is 2.00. The normalized spacial score (nSPS) is 21.0. The summed E-state index contributed by atoms with van der Waals surface area (Å²) in [6.45, 7) is 3.37. The van der Waals surface area contributed by atoms with Gasteiger partial charge < -0.3 is 15.8 Å². The first-order chi connectivity index (χ1) is 10.0. The monoisotopic (exact) mass is 295 g/mol. The van der Waals surface area contributed by atoms with Crippen molar-refractivity contribution in [3.63, 3.8) is 0 Å². The quantitative estimate of drug-likeness (QED) is 0.832. The van der Waals surface area contributed by atoms with E-state index in [1.807, 2.05) is 6.92 Å². The largest absolute Gasteiger partial charge is 0.399 e. The highest BCUT2D eigenvalue weighted by molar-refractivity contribution is 5.95. The molecular formula is C15H22FN3O2. The van der Waals surface area contributed by atoms with E-state index in [0.717, 1.165) is 19.4 Å². The second kappa shape index (κ2) is 6.87. The van der Waals surface area contributed by atoms with Crippen LogP contribution in [-0.2, 0) is 9.53 Å². The minimum absolute atomic E-state index is 0.118. The van der Waals surface area contributed by atoms with Gasteiger partial charge in [0.15, 0.2) is 0 Å². The Bertz CT molecular complexity index is 510. The van der Waals surface area contributed by atoms with Gasteiger partial charge in [0.1, 0.15) is 5.82 Å². The van der Waals surface area contributed by atoms with Crippen molar-refractivity contribution in [2.75, 3.05) is 31.2 Å². The fourth-order valence-corrected chi connectivity index (χ4v) is 2.55. The molecule has 0 aromatic heterocycles. The van der Waals surface area contributed by atoms with E-state index in [2.05, 4.69) is 10.2 Å². The number of anilines is 2. The predicted octanol–water partition coefficient (Wildman–Crippen LogP) is 1.85. The third-order valence-corrected chi connectivity index (χ3v) is 3.92. The maximum Gasteiger partial charge on any atom is 0.241 e. The molecule has 1 fully saturated rings. The van der Waals surface area contributed by atoms with E-state index < -0.39 is 5.82 Å². The number of hydrogen-bond donors (Lipinski definition) is 2. The number of rotatable bonds is 4. The van der Waals surface area contributed by atoms with Crippen LogP contribution in [-0.4, -0.2) is 43.2 Å². The van der Waals surface area contributed by atoms with E-state index in [1.54, 1.807) is 7.11 Å². The second-order valence-corrected chi connectivity index (χ2v) is 5.40. The number of methoxy groups -OCH3 is 1. The number of hydrogen-bond acceptors (Lipinski definition) is 4. The first-order valence-corrected chi connectivity index (χ1v) is 7.14. The summed E-state index contributed by atoms with van der Waals surface area (Å²) < 4.78 is 19.0. The Morgan fingerprint density at radius 2 is 2.33 bits per heavy atom. The average Bonchev–Trinajstić information content (AvgIpc) is 2.50. The van der Waals surface area contributed by atoms with Crippen LogP contribution < -0.4 is 11.1 Å². The number of ether oxygens (including phenoxy) is 1. The molecule has 116 valence electrons. The SMILES string of the molecule is COC1CCCN(C(C)C(=O)Nc2cc(N)ccc2F)C1. The molecular weight excluding hydrogens is 273 g/mol. The van der Waals surface area contributed by atoms with Gasteiger partial charge in [-0.3, -0.25) is 9.69 Å². The lowest BCUT2D eigenvalue weighted by atomic mass is 10.1. The number of benzene rings is 1. The number of nitrogen functional groups attached to an aromatic ring is 1. The molecule has 1 aromatic rings. The molecule has 0 saturated carbocycles. The number of nitrogens with zero attached hydrogens (tertiary/aromatic N) is 1. The van der Waals surface area contributed by atoms with Crippen LogP contribution in [0.25, 0.3) is 0 Å². The van der Waals surface area contributed by atoms with Crippen LogP contribution in [0, 0.1) is 5.82 Å². The summed E-state index contributed by atoms with van der Waals surface area (Å²) in [6.07, 6.45) is 2.15. The zero-order valence-corrected chi connectivity index (χ0v) is 12.4. The summed E-state index contributed by atoms with van der Waals surface area (Å²) in [5, 5.41) is 2.60. The van der Waals surface area contributed by atoms with Crippen LogP contribution >= 0.6 is 0 Å². The molecule has 0 radical (unpaired) electrons. The molecule has 3 N–H and O–H groups in total. The van der Waals surface area contributed by atoms with E-state index in [4.69, 9.17) is 10.5 Å². The zero-order valence-electron chi connectivity index (χ0n) is 12.4. The molecule has 0 aliphatic carbocycles. The zero-order chi connectivity index (χ0) is 15.4. The standard InChI is InChI=1S/C15H22FN3O2/c1-10(19-7-3-4-12(9-19)21-2)15(20)18-14-8-11(17)5-6-13(14)16/h5-6,8,10,12H,3-4,7,9,17H2,1-2H3,(H,18,20). The van der Waals surface area contributed by atoms with Crippen molar-refractivity contribution in [1.29, 1.82) is 0 Å². The summed E-state index contributed by atoms with van der Waals surface area (Å²) in [5.41, 5.74) is 6.14. The lowest BCUT2D eigenvalue weighted by Gasteiger charge is -2.35. The van der Waals surface area contributed by atoms with Crippen LogP contribution in [0.15, 0.2) is 18.2 Å². The fraction of sp³-hybridized carbons (Fsp3) is 0.533. The van der Waals surface area contributed by atoms with E-state index in [0.29, 0.717) is 12.2 Å². The lowest BCUT2D eigenvalue weighted by molar-refractivity contribution is -0.122. The molecule has 0 spiro atoms. The van der Waals surface area contributed by atoms with Gasteiger partial charge in [0.2, 0.25) is 5.91 Å². The number of piperidine rings is 1. The first-order valence-electron chi connectivity index (χ1n) is 7.14. The van der Waals surface area contributed by atoms with E-state index in [9.17, 15) is 9.18 Å². The Kier molecular flexibility index (Phi) is 5.14. The summed E-state index contributed by atoms with van der Waals surface area (Å²) in [5.74, 6) is -0.727. The molecule has 1 heterocycles. The molecule has 2 atom stereocenters. The Hall–Kier alpha value is -1.66. The molecule has 2 rings (SSSR count). The molecule has 5 nitrogen and oxygen atoms in total. The minimum Gasteiger partial charge on any atom is -0.399 e. The average molecular weight is 295 g/mol. The molecule has 1 amide bonds. The molecule has 2 unspecified atom stereocenters. The van der Waals surface area contributed by atoms with Crippen molar-refractivity contribution in [1.82, 2.24) is 4.90 Å². The minimum atomic E-state index is -0.488. The van der Waals surface area contributed by atoms with E-state index >= 15 is 0 Å². The number of nitrogens with two attached hydrogens (primary N) is 1. The van der Waals surface area contributed by atoms with Crippen LogP contribution in [0.1, 0.15) is 19.8 Å². The molecule has 1 aromatic carbocycles. The second-order valence-electron chi connectivity index (χ2n) is 5.40. The highest BCUT2D eigenvalue weighted by Crippen LogP contribution is 2.19. The molecule has 1 saturated heterocycles. The number of nitrogens with one attached hydrogen (secondary N) is 1. The van der Waals surface area contributed by atoms with Gasteiger partial charge in [0.25, 0.3) is 0 Å². The topological polar surface area (TPSA) is 67.6 Å². The van der Waals surface area contributed by atoms with Crippen molar-refractivity contribution in [2.24, 2.45) is 0 Å². The highest BCUT2D eigenvalue weighted by atomic mass is 19.1. The van der Waals surface area contributed by atoms with Gasteiger partial charge in [-0.2, -0.15) is 0 Å². The summed E-state index contributed by atoms with van der Waals surface area (Å²) >= 11 is 0. The third-order valence-electron chi connectivity index (χ3n) is 3.92. The van der Waals surface area contributed by atoms with Crippen LogP contribution in [0.5, 0.6) is 0 Å². The maximum absolute atomic E-state index is 13.6. The van der Waals surface area contributed by atoms with Gasteiger partial charge in [0.05, 0.1) is 17.8 Å². The summed E-state index contributed by atoms with van der Waals surface area (Å²) in [6, 6.07) is 3.79. The molecule has 1 aliphatic heterocycles. The molecule has 21 heavy (non-hydrogen) atoms. The molecule has 0 bridgehead atoms. The summed E-state index contributed by atoms with van der Waals surface area (Å²) in [4.78, 5) is 14.3. The number of carbonyl (C=O) groups is 1. The number of likely N-dealkylation sites (tertiary alicyclic amines) is 1. The van der Waals surface area contributed by atoms with E-state index in [-0.39, 0.29) is 23.7 Å². The molecule has 1 aliphatic rings. The van der Waals surface area contributed by atoms with Crippen molar-refractivity contribution in [3.05, 3.63) is 24.0 Å². The smallest absolute Gasteiger partial charge is 0.241 e. The van der Waals surface area contributed by atoms with Gasteiger partial charge in [-0.1, -0.05) is 0 Å². The highest BCUT2D eigenvalue weighted by Gasteiger charge is 2.27. The van der Waals surface area contributed by atoms with E-state index in [1.165, 1.54) is 18.2 Å². The van der Waals surface area contributed by atoms with Gasteiger partial charge in [-0.05, 0) is 44.5 Å².